The van der Waals surface area contributed by atoms with Crippen molar-refractivity contribution in [3.63, 3.8) is 0 Å². The van der Waals surface area contributed by atoms with E-state index in [9.17, 15) is 9.59 Å². The lowest BCUT2D eigenvalue weighted by Gasteiger charge is -2.37. The van der Waals surface area contributed by atoms with Crippen LogP contribution in [0.2, 0.25) is 0 Å². The van der Waals surface area contributed by atoms with Gasteiger partial charge >= 0.3 is 0 Å². The van der Waals surface area contributed by atoms with E-state index in [0.717, 1.165) is 32.0 Å². The monoisotopic (exact) mass is 303 g/mol. The molecule has 0 aliphatic carbocycles. The molecular weight excluding hydrogens is 282 g/mol. The Morgan fingerprint density at radius 1 is 1.14 bits per heavy atom. The van der Waals surface area contributed by atoms with Crippen LogP contribution in [0.5, 0.6) is 0 Å². The molecule has 1 aliphatic heterocycles. The van der Waals surface area contributed by atoms with Crippen molar-refractivity contribution in [1.82, 2.24) is 19.7 Å². The number of hydrogen-bond donors (Lipinski definition) is 1. The first kappa shape index (κ1) is 14.8. The van der Waals surface area contributed by atoms with E-state index in [-0.39, 0.29) is 11.1 Å². The molecule has 22 heavy (non-hydrogen) atoms. The molecule has 118 valence electrons. The molecule has 7 heteroatoms. The summed E-state index contributed by atoms with van der Waals surface area (Å²) in [7, 11) is 1.53. The van der Waals surface area contributed by atoms with Gasteiger partial charge in [0.2, 0.25) is 0 Å². The fourth-order valence-electron chi connectivity index (χ4n) is 2.89. The van der Waals surface area contributed by atoms with E-state index in [1.807, 2.05) is 0 Å². The van der Waals surface area contributed by atoms with Crippen LogP contribution < -0.4 is 16.0 Å². The summed E-state index contributed by atoms with van der Waals surface area (Å²) in [6, 6.07) is 2.26. The molecule has 0 bridgehead atoms. The molecule has 0 unspecified atom stereocenters. The number of aromatic amines is 1. The van der Waals surface area contributed by atoms with Crippen LogP contribution in [-0.4, -0.2) is 51.9 Å². The second-order valence-corrected chi connectivity index (χ2v) is 6.01. The Bertz CT molecular complexity index is 800. The maximum atomic E-state index is 12.1. The highest BCUT2D eigenvalue weighted by atomic mass is 16.1. The Morgan fingerprint density at radius 3 is 2.45 bits per heavy atom. The van der Waals surface area contributed by atoms with Crippen LogP contribution in [0.1, 0.15) is 13.8 Å². The summed E-state index contributed by atoms with van der Waals surface area (Å²) in [6.45, 7) is 8.09. The van der Waals surface area contributed by atoms with Gasteiger partial charge < -0.3 is 4.90 Å². The molecule has 3 rings (SSSR count). The first-order valence-electron chi connectivity index (χ1n) is 7.55. The van der Waals surface area contributed by atoms with Crippen LogP contribution in [0, 0.1) is 0 Å². The van der Waals surface area contributed by atoms with E-state index in [0.29, 0.717) is 16.8 Å². The number of nitrogens with zero attached hydrogens (tertiary/aromatic N) is 4. The van der Waals surface area contributed by atoms with Crippen LogP contribution in [0.25, 0.3) is 10.8 Å². The molecule has 1 fully saturated rings. The second-order valence-electron chi connectivity index (χ2n) is 6.01. The predicted octanol–water partition coefficient (Wildman–Crippen LogP) is 0.152. The van der Waals surface area contributed by atoms with Gasteiger partial charge in [-0.1, -0.05) is 0 Å². The smallest absolute Gasteiger partial charge is 0.274 e. The molecule has 7 nitrogen and oxygen atoms in total. The number of pyridine rings is 1. The molecule has 0 saturated carbocycles. The molecule has 3 heterocycles. The predicted molar refractivity (Wildman–Crippen MR) is 86.5 cm³/mol. The summed E-state index contributed by atoms with van der Waals surface area (Å²) in [6.07, 6.45) is 1.51. The van der Waals surface area contributed by atoms with Gasteiger partial charge in [-0.15, -0.1) is 0 Å². The lowest BCUT2D eigenvalue weighted by atomic mass is 10.2. The van der Waals surface area contributed by atoms with Gasteiger partial charge in [0.05, 0.1) is 10.8 Å². The topological polar surface area (TPSA) is 74.2 Å². The van der Waals surface area contributed by atoms with Gasteiger partial charge in [0.1, 0.15) is 5.82 Å². The van der Waals surface area contributed by atoms with Gasteiger partial charge in [0, 0.05) is 45.5 Å². The van der Waals surface area contributed by atoms with E-state index >= 15 is 0 Å². The van der Waals surface area contributed by atoms with Crippen molar-refractivity contribution in [3.8, 4) is 0 Å². The van der Waals surface area contributed by atoms with E-state index in [1.165, 1.54) is 17.9 Å². The van der Waals surface area contributed by atoms with E-state index in [4.69, 9.17) is 0 Å². The van der Waals surface area contributed by atoms with Crippen molar-refractivity contribution >= 4 is 16.6 Å². The highest BCUT2D eigenvalue weighted by Crippen LogP contribution is 2.17. The summed E-state index contributed by atoms with van der Waals surface area (Å²) in [5, 5.41) is 3.29. The van der Waals surface area contributed by atoms with Crippen molar-refractivity contribution < 1.29 is 0 Å². The molecule has 1 aliphatic rings. The van der Waals surface area contributed by atoms with Crippen LogP contribution in [0.3, 0.4) is 0 Å². The molecule has 1 saturated heterocycles. The van der Waals surface area contributed by atoms with Crippen molar-refractivity contribution in [2.24, 2.45) is 7.05 Å². The van der Waals surface area contributed by atoms with Crippen molar-refractivity contribution in [3.05, 3.63) is 33.0 Å². The summed E-state index contributed by atoms with van der Waals surface area (Å²) in [4.78, 5) is 33.0. The number of nitrogens with one attached hydrogen (secondary N) is 1. The van der Waals surface area contributed by atoms with Gasteiger partial charge in [-0.05, 0) is 19.9 Å². The fourth-order valence-corrected chi connectivity index (χ4v) is 2.89. The number of aromatic nitrogens is 3. The van der Waals surface area contributed by atoms with Crippen molar-refractivity contribution in [2.45, 2.75) is 19.9 Å². The number of aryl methyl sites for hydroxylation is 1. The number of piperazine rings is 1. The van der Waals surface area contributed by atoms with Gasteiger partial charge in [-0.2, -0.15) is 0 Å². The van der Waals surface area contributed by atoms with Gasteiger partial charge in [0.25, 0.3) is 11.1 Å². The standard InChI is InChI=1S/C15H21N5O2/c1-10(2)19-4-6-20(7-5-19)13-8-11-12(9-16-13)15(22)18(3)17-14(11)21/h8-10H,4-7H2,1-3H3,(H,17,21). The summed E-state index contributed by atoms with van der Waals surface area (Å²) >= 11 is 0. The second kappa shape index (κ2) is 5.57. The van der Waals surface area contributed by atoms with Crippen LogP contribution in [0.4, 0.5) is 5.82 Å². The summed E-state index contributed by atoms with van der Waals surface area (Å²) in [5.74, 6) is 0.759. The van der Waals surface area contributed by atoms with Gasteiger partial charge in [-0.25, -0.2) is 4.98 Å². The number of hydrogen-bond acceptors (Lipinski definition) is 5. The number of H-pyrrole nitrogens is 1. The minimum atomic E-state index is -0.262. The minimum Gasteiger partial charge on any atom is -0.354 e. The Hall–Kier alpha value is -2.15. The molecule has 1 N–H and O–H groups in total. The molecule has 0 aromatic carbocycles. The largest absolute Gasteiger partial charge is 0.354 e. The SMILES string of the molecule is CC(C)N1CCN(c2cc3c(=O)[nH]n(C)c(=O)c3cn2)CC1. The van der Waals surface area contributed by atoms with Crippen LogP contribution >= 0.6 is 0 Å². The van der Waals surface area contributed by atoms with Crippen molar-refractivity contribution in [1.29, 1.82) is 0 Å². The Kier molecular flexibility index (Phi) is 3.74. The Balaban J connectivity index is 1.94. The number of rotatable bonds is 2. The third-order valence-corrected chi connectivity index (χ3v) is 4.31. The zero-order valence-corrected chi connectivity index (χ0v) is 13.2. The lowest BCUT2D eigenvalue weighted by Crippen LogP contribution is -2.49. The molecule has 0 atom stereocenters. The molecule has 2 aromatic heterocycles. The average molecular weight is 303 g/mol. The molecule has 0 amide bonds. The molecular formula is C15H21N5O2. The Morgan fingerprint density at radius 2 is 1.82 bits per heavy atom. The van der Waals surface area contributed by atoms with Crippen LogP contribution in [-0.2, 0) is 7.05 Å². The third-order valence-electron chi connectivity index (χ3n) is 4.31. The zero-order valence-electron chi connectivity index (χ0n) is 13.2. The summed E-state index contributed by atoms with van der Waals surface area (Å²) in [5.41, 5.74) is -0.500. The molecule has 2 aromatic rings. The molecule has 0 radical (unpaired) electrons. The average Bonchev–Trinajstić information content (AvgIpc) is 2.52. The maximum absolute atomic E-state index is 12.1. The number of fused-ring (bicyclic) bond motifs is 1. The van der Waals surface area contributed by atoms with Crippen LogP contribution in [0.15, 0.2) is 21.9 Å². The zero-order chi connectivity index (χ0) is 15.9. The quantitative estimate of drug-likeness (QED) is 0.855. The normalized spacial score (nSPS) is 16.6. The maximum Gasteiger partial charge on any atom is 0.274 e. The van der Waals surface area contributed by atoms with Gasteiger partial charge in [0.15, 0.2) is 0 Å². The van der Waals surface area contributed by atoms with E-state index < -0.39 is 0 Å². The Labute approximate surface area is 128 Å². The third kappa shape index (κ3) is 2.52. The first-order valence-corrected chi connectivity index (χ1v) is 7.55. The number of anilines is 1. The van der Waals surface area contributed by atoms with Crippen molar-refractivity contribution in [2.75, 3.05) is 31.1 Å². The van der Waals surface area contributed by atoms with Gasteiger partial charge in [-0.3, -0.25) is 24.3 Å². The van der Waals surface area contributed by atoms with E-state index in [2.05, 4.69) is 33.7 Å². The van der Waals surface area contributed by atoms with E-state index in [1.54, 1.807) is 6.07 Å². The first-order chi connectivity index (χ1) is 10.5. The minimum absolute atomic E-state index is 0.238. The lowest BCUT2D eigenvalue weighted by molar-refractivity contribution is 0.209. The molecule has 0 spiro atoms. The highest BCUT2D eigenvalue weighted by molar-refractivity contribution is 5.82. The summed E-state index contributed by atoms with van der Waals surface area (Å²) < 4.78 is 1.19. The highest BCUT2D eigenvalue weighted by Gasteiger charge is 2.20. The fraction of sp³-hybridized carbons (Fsp3) is 0.533.